The summed E-state index contributed by atoms with van der Waals surface area (Å²) in [6, 6.07) is 10.4. The summed E-state index contributed by atoms with van der Waals surface area (Å²) in [6.07, 6.45) is 6.12. The second-order valence-electron chi connectivity index (χ2n) is 9.12. The van der Waals surface area contributed by atoms with E-state index in [1.165, 1.54) is 16.7 Å². The van der Waals surface area contributed by atoms with E-state index < -0.39 is 5.41 Å². The van der Waals surface area contributed by atoms with Gasteiger partial charge in [0.2, 0.25) is 0 Å². The molecular formula is C22H28N4O2. The van der Waals surface area contributed by atoms with E-state index in [1.807, 2.05) is 43.9 Å². The van der Waals surface area contributed by atoms with Crippen LogP contribution in [0.2, 0.25) is 0 Å². The Morgan fingerprint density at radius 1 is 1.18 bits per heavy atom. The van der Waals surface area contributed by atoms with E-state index in [9.17, 15) is 9.59 Å². The van der Waals surface area contributed by atoms with Crippen molar-refractivity contribution >= 4 is 11.7 Å². The summed E-state index contributed by atoms with van der Waals surface area (Å²) in [7, 11) is 0. The van der Waals surface area contributed by atoms with Crippen LogP contribution in [-0.2, 0) is 16.9 Å². The van der Waals surface area contributed by atoms with Gasteiger partial charge < -0.3 is 4.90 Å². The molecule has 2 atom stereocenters. The lowest BCUT2D eigenvalue weighted by Crippen LogP contribution is -2.67. The number of hydrogen-bond acceptors (Lipinski definition) is 4. The summed E-state index contributed by atoms with van der Waals surface area (Å²) in [5.41, 5.74) is 0.873. The maximum Gasteiger partial charge on any atom is 0.276 e. The number of aromatic nitrogens is 3. The van der Waals surface area contributed by atoms with Gasteiger partial charge in [-0.25, -0.2) is 4.68 Å². The van der Waals surface area contributed by atoms with Gasteiger partial charge in [-0.3, -0.25) is 9.59 Å². The van der Waals surface area contributed by atoms with Gasteiger partial charge >= 0.3 is 0 Å². The fourth-order valence-corrected chi connectivity index (χ4v) is 4.62. The highest BCUT2D eigenvalue weighted by molar-refractivity contribution is 5.93. The third-order valence-corrected chi connectivity index (χ3v) is 6.34. The second kappa shape index (κ2) is 6.83. The minimum atomic E-state index is -0.444. The van der Waals surface area contributed by atoms with Crippen molar-refractivity contribution in [2.24, 2.45) is 11.3 Å². The first kappa shape index (κ1) is 18.8. The molecule has 1 amide bonds. The molecule has 2 aromatic rings. The Morgan fingerprint density at radius 2 is 1.93 bits per heavy atom. The summed E-state index contributed by atoms with van der Waals surface area (Å²) < 4.78 is 1.48. The molecule has 1 aliphatic heterocycles. The number of likely N-dealkylation sites (tertiary alicyclic amines) is 1. The molecule has 1 aromatic carbocycles. The van der Waals surface area contributed by atoms with E-state index in [1.54, 1.807) is 6.20 Å². The van der Waals surface area contributed by atoms with Crippen molar-refractivity contribution in [3.63, 3.8) is 0 Å². The molecule has 0 spiro atoms. The lowest BCUT2D eigenvalue weighted by Gasteiger charge is -2.61. The Morgan fingerprint density at radius 3 is 2.61 bits per heavy atom. The van der Waals surface area contributed by atoms with Gasteiger partial charge in [0, 0.05) is 17.9 Å². The average molecular weight is 380 g/mol. The standard InChI is InChI=1S/C22H28N4O2/c1-21(2,3)19(27)15-25-14-18(23-24-25)20(28)26-13-17-11-7-8-12-22(17,26)16-9-5-4-6-10-16/h4-6,9-10,14,17H,7-8,11-13,15H2,1-3H3/t17-,22-/m0/s1. The average Bonchev–Trinajstić information content (AvgIpc) is 3.11. The van der Waals surface area contributed by atoms with Gasteiger partial charge in [0.05, 0.1) is 11.7 Å². The molecule has 0 radical (unpaired) electrons. The zero-order valence-electron chi connectivity index (χ0n) is 16.9. The number of fused-ring (bicyclic) bond motifs is 1. The van der Waals surface area contributed by atoms with Crippen LogP contribution in [0.25, 0.3) is 0 Å². The van der Waals surface area contributed by atoms with E-state index >= 15 is 0 Å². The number of benzene rings is 1. The van der Waals surface area contributed by atoms with Gasteiger partial charge in [-0.1, -0.05) is 69.2 Å². The molecule has 4 rings (SSSR count). The molecule has 1 saturated heterocycles. The predicted octanol–water partition coefficient (Wildman–Crippen LogP) is 3.43. The van der Waals surface area contributed by atoms with Crippen LogP contribution < -0.4 is 0 Å². The minimum absolute atomic E-state index is 0.0634. The Bertz CT molecular complexity index is 883. The summed E-state index contributed by atoms with van der Waals surface area (Å²) in [4.78, 5) is 27.5. The Hall–Kier alpha value is -2.50. The highest BCUT2D eigenvalue weighted by Gasteiger charge is 2.57. The lowest BCUT2D eigenvalue weighted by atomic mass is 9.61. The van der Waals surface area contributed by atoms with Crippen LogP contribution in [0.4, 0.5) is 0 Å². The van der Waals surface area contributed by atoms with Crippen LogP contribution in [-0.4, -0.2) is 38.1 Å². The fourth-order valence-electron chi connectivity index (χ4n) is 4.62. The summed E-state index contributed by atoms with van der Waals surface area (Å²) in [5, 5.41) is 8.12. The molecule has 0 N–H and O–H groups in total. The van der Waals surface area contributed by atoms with Gasteiger partial charge in [0.25, 0.3) is 5.91 Å². The number of ketones is 1. The fraction of sp³-hybridized carbons (Fsp3) is 0.545. The highest BCUT2D eigenvalue weighted by atomic mass is 16.2. The Labute approximate surface area is 165 Å². The van der Waals surface area contributed by atoms with Crippen LogP contribution in [0, 0.1) is 11.3 Å². The van der Waals surface area contributed by atoms with Crippen molar-refractivity contribution in [1.29, 1.82) is 0 Å². The Kier molecular flexibility index (Phi) is 4.60. The lowest BCUT2D eigenvalue weighted by molar-refractivity contribution is -0.127. The molecule has 0 bridgehead atoms. The van der Waals surface area contributed by atoms with Crippen molar-refractivity contribution in [3.8, 4) is 0 Å². The highest BCUT2D eigenvalue weighted by Crippen LogP contribution is 2.54. The molecule has 28 heavy (non-hydrogen) atoms. The van der Waals surface area contributed by atoms with Gasteiger partial charge in [-0.2, -0.15) is 0 Å². The molecule has 2 fully saturated rings. The molecule has 6 heteroatoms. The van der Waals surface area contributed by atoms with Crippen molar-refractivity contribution < 1.29 is 9.59 Å². The molecular weight excluding hydrogens is 352 g/mol. The molecule has 148 valence electrons. The van der Waals surface area contributed by atoms with Gasteiger partial charge in [-0.05, 0) is 18.4 Å². The van der Waals surface area contributed by atoms with E-state index in [2.05, 4.69) is 22.4 Å². The summed E-state index contributed by atoms with van der Waals surface area (Å²) >= 11 is 0. The number of Topliss-reactive ketones (excluding diaryl/α,β-unsaturated/α-hetero) is 1. The number of amides is 1. The van der Waals surface area contributed by atoms with Crippen molar-refractivity contribution in [2.45, 2.75) is 58.5 Å². The molecule has 1 saturated carbocycles. The monoisotopic (exact) mass is 380 g/mol. The summed E-state index contributed by atoms with van der Waals surface area (Å²) in [5.74, 6) is 0.482. The number of nitrogens with zero attached hydrogens (tertiary/aromatic N) is 4. The normalized spacial score (nSPS) is 24.4. The van der Waals surface area contributed by atoms with E-state index in [4.69, 9.17) is 0 Å². The molecule has 1 aliphatic carbocycles. The summed E-state index contributed by atoms with van der Waals surface area (Å²) in [6.45, 7) is 6.54. The number of rotatable bonds is 4. The molecule has 0 unspecified atom stereocenters. The van der Waals surface area contributed by atoms with Crippen LogP contribution in [0.3, 0.4) is 0 Å². The first-order chi connectivity index (χ1) is 13.3. The zero-order valence-corrected chi connectivity index (χ0v) is 16.9. The molecule has 1 aromatic heterocycles. The smallest absolute Gasteiger partial charge is 0.276 e. The molecule has 2 heterocycles. The SMILES string of the molecule is CC(C)(C)C(=O)Cn1cc(C(=O)N2C[C@@H]3CCCC[C@]32c2ccccc2)nn1. The van der Waals surface area contributed by atoms with Crippen LogP contribution in [0.15, 0.2) is 36.5 Å². The van der Waals surface area contributed by atoms with E-state index in [-0.39, 0.29) is 23.8 Å². The van der Waals surface area contributed by atoms with E-state index in [0.29, 0.717) is 11.6 Å². The number of carbonyl (C=O) groups is 2. The molecule has 2 aliphatic rings. The third-order valence-electron chi connectivity index (χ3n) is 6.34. The van der Waals surface area contributed by atoms with Crippen molar-refractivity contribution in [2.75, 3.05) is 6.54 Å². The maximum atomic E-state index is 13.3. The quantitative estimate of drug-likeness (QED) is 0.815. The van der Waals surface area contributed by atoms with Crippen LogP contribution in [0.1, 0.15) is 62.5 Å². The zero-order chi connectivity index (χ0) is 19.9. The minimum Gasteiger partial charge on any atom is -0.327 e. The first-order valence-corrected chi connectivity index (χ1v) is 10.1. The number of hydrogen-bond donors (Lipinski definition) is 0. The Balaban J connectivity index is 1.58. The van der Waals surface area contributed by atoms with Crippen molar-refractivity contribution in [3.05, 3.63) is 47.8 Å². The van der Waals surface area contributed by atoms with Gasteiger partial charge in [0.1, 0.15) is 6.54 Å². The first-order valence-electron chi connectivity index (χ1n) is 10.1. The molecule has 6 nitrogen and oxygen atoms in total. The number of carbonyl (C=O) groups excluding carboxylic acids is 2. The van der Waals surface area contributed by atoms with Gasteiger partial charge in [0.15, 0.2) is 11.5 Å². The third kappa shape index (κ3) is 3.05. The van der Waals surface area contributed by atoms with Crippen molar-refractivity contribution in [1.82, 2.24) is 19.9 Å². The van der Waals surface area contributed by atoms with Gasteiger partial charge in [-0.15, -0.1) is 5.10 Å². The van der Waals surface area contributed by atoms with E-state index in [0.717, 1.165) is 25.8 Å². The maximum absolute atomic E-state index is 13.3. The largest absolute Gasteiger partial charge is 0.327 e. The predicted molar refractivity (Wildman–Crippen MR) is 106 cm³/mol. The van der Waals surface area contributed by atoms with Crippen LogP contribution >= 0.6 is 0 Å². The topological polar surface area (TPSA) is 68.1 Å². The van der Waals surface area contributed by atoms with Crippen LogP contribution in [0.5, 0.6) is 0 Å². The second-order valence-corrected chi connectivity index (χ2v) is 9.12.